The maximum Gasteiger partial charge on any atom is 0.114 e. The summed E-state index contributed by atoms with van der Waals surface area (Å²) in [6.45, 7) is 2.82. The zero-order valence-corrected chi connectivity index (χ0v) is 13.7. The van der Waals surface area contributed by atoms with E-state index >= 15 is 0 Å². The lowest BCUT2D eigenvalue weighted by Crippen LogP contribution is -2.40. The molecular weight excluding hydrogens is 284 g/mol. The zero-order valence-electron chi connectivity index (χ0n) is 13.7. The van der Waals surface area contributed by atoms with Crippen LogP contribution in [0.3, 0.4) is 0 Å². The monoisotopic (exact) mass is 316 g/mol. The minimum atomic E-state index is -1.04. The molecule has 0 aromatic heterocycles. The Kier molecular flexibility index (Phi) is 10.7. The van der Waals surface area contributed by atoms with Gasteiger partial charge in [-0.2, -0.15) is 0 Å². The summed E-state index contributed by atoms with van der Waals surface area (Å²) < 4.78 is 10.5. The van der Waals surface area contributed by atoms with Gasteiger partial charge in [-0.05, 0) is 12.8 Å². The summed E-state index contributed by atoms with van der Waals surface area (Å²) in [6, 6.07) is 0. The number of allylic oxidation sites excluding steroid dienone is 1. The lowest BCUT2D eigenvalue weighted by molar-refractivity contribution is -0.0782. The Bertz CT molecular complexity index is 295. The van der Waals surface area contributed by atoms with Crippen LogP contribution in [-0.2, 0) is 9.47 Å². The van der Waals surface area contributed by atoms with E-state index in [4.69, 9.17) is 9.47 Å². The van der Waals surface area contributed by atoms with Crippen molar-refractivity contribution in [3.63, 3.8) is 0 Å². The van der Waals surface area contributed by atoms with Crippen LogP contribution in [-0.4, -0.2) is 59.6 Å². The van der Waals surface area contributed by atoms with Crippen molar-refractivity contribution in [2.75, 3.05) is 19.8 Å². The Morgan fingerprint density at radius 2 is 1.86 bits per heavy atom. The predicted molar refractivity (Wildman–Crippen MR) is 85.7 cm³/mol. The highest BCUT2D eigenvalue weighted by atomic mass is 16.5. The van der Waals surface area contributed by atoms with Gasteiger partial charge in [0.2, 0.25) is 0 Å². The summed E-state index contributed by atoms with van der Waals surface area (Å²) in [4.78, 5) is 0. The van der Waals surface area contributed by atoms with Crippen LogP contribution in [0.25, 0.3) is 0 Å². The highest BCUT2D eigenvalue weighted by Crippen LogP contribution is 2.17. The van der Waals surface area contributed by atoms with Crippen molar-refractivity contribution < 1.29 is 24.8 Å². The Morgan fingerprint density at radius 1 is 1.14 bits per heavy atom. The van der Waals surface area contributed by atoms with Gasteiger partial charge in [0.15, 0.2) is 0 Å². The first-order chi connectivity index (χ1) is 10.7. The van der Waals surface area contributed by atoms with E-state index in [9.17, 15) is 15.3 Å². The number of rotatable bonds is 12. The molecule has 0 unspecified atom stereocenters. The average molecular weight is 316 g/mol. The molecule has 0 aromatic carbocycles. The lowest BCUT2D eigenvalue weighted by atomic mass is 10.1. The lowest BCUT2D eigenvalue weighted by Gasteiger charge is -2.20. The summed E-state index contributed by atoms with van der Waals surface area (Å²) in [7, 11) is 0. The number of unbranched alkanes of at least 4 members (excludes halogenated alkanes) is 6. The highest BCUT2D eigenvalue weighted by Gasteiger charge is 2.39. The molecule has 0 radical (unpaired) electrons. The Labute approximate surface area is 133 Å². The second-order valence-electron chi connectivity index (χ2n) is 5.99. The van der Waals surface area contributed by atoms with Gasteiger partial charge in [-0.15, -0.1) is 0 Å². The van der Waals surface area contributed by atoms with E-state index in [2.05, 4.69) is 13.0 Å². The first kappa shape index (κ1) is 19.6. The molecule has 4 atom stereocenters. The summed E-state index contributed by atoms with van der Waals surface area (Å²) in [5, 5.41) is 28.8. The minimum absolute atomic E-state index is 0.0566. The Hall–Kier alpha value is -0.460. The van der Waals surface area contributed by atoms with Crippen LogP contribution in [0.2, 0.25) is 0 Å². The fourth-order valence-electron chi connectivity index (χ4n) is 2.54. The van der Waals surface area contributed by atoms with E-state index in [0.717, 1.165) is 6.42 Å². The number of hydrogen-bond donors (Lipinski definition) is 3. The molecule has 0 spiro atoms. The molecule has 0 bridgehead atoms. The summed E-state index contributed by atoms with van der Waals surface area (Å²) in [5.74, 6) is 0. The molecule has 1 fully saturated rings. The van der Waals surface area contributed by atoms with E-state index in [-0.39, 0.29) is 13.2 Å². The molecule has 0 aliphatic carbocycles. The second-order valence-corrected chi connectivity index (χ2v) is 5.99. The molecular formula is C17H32O5. The Morgan fingerprint density at radius 3 is 2.55 bits per heavy atom. The van der Waals surface area contributed by atoms with E-state index in [1.807, 2.05) is 6.08 Å². The first-order valence-corrected chi connectivity index (χ1v) is 8.55. The zero-order chi connectivity index (χ0) is 16.2. The van der Waals surface area contributed by atoms with Gasteiger partial charge in [0.25, 0.3) is 0 Å². The van der Waals surface area contributed by atoms with Crippen molar-refractivity contribution in [1.82, 2.24) is 0 Å². The van der Waals surface area contributed by atoms with Crippen LogP contribution in [0.1, 0.15) is 51.9 Å². The van der Waals surface area contributed by atoms with Gasteiger partial charge in [-0.3, -0.25) is 0 Å². The maximum absolute atomic E-state index is 9.84. The van der Waals surface area contributed by atoms with E-state index < -0.39 is 24.4 Å². The molecule has 0 saturated carbocycles. The fraction of sp³-hybridized carbons (Fsp3) is 0.882. The average Bonchev–Trinajstić information content (AvgIpc) is 2.84. The summed E-state index contributed by atoms with van der Waals surface area (Å²) >= 11 is 0. The smallest absolute Gasteiger partial charge is 0.114 e. The van der Waals surface area contributed by atoms with Crippen molar-refractivity contribution in [3.05, 3.63) is 12.2 Å². The van der Waals surface area contributed by atoms with Crippen LogP contribution in [0, 0.1) is 0 Å². The van der Waals surface area contributed by atoms with Crippen LogP contribution in [0.15, 0.2) is 12.2 Å². The SMILES string of the molecule is CCCCCCCC/C=C/COC[C@H](O)[C@@H]1OC[C@@H](O)[C@@H]1O. The highest BCUT2D eigenvalue weighted by molar-refractivity contribution is 4.88. The van der Waals surface area contributed by atoms with Crippen molar-refractivity contribution in [3.8, 4) is 0 Å². The molecule has 1 rings (SSSR count). The topological polar surface area (TPSA) is 79.2 Å². The molecule has 0 amide bonds. The predicted octanol–water partition coefficient (Wildman–Crippen LogP) is 1.79. The molecule has 1 heterocycles. The van der Waals surface area contributed by atoms with Gasteiger partial charge in [-0.1, -0.05) is 51.2 Å². The number of aliphatic hydroxyl groups excluding tert-OH is 3. The van der Waals surface area contributed by atoms with Crippen molar-refractivity contribution in [1.29, 1.82) is 0 Å². The summed E-state index contributed by atoms with van der Waals surface area (Å²) in [6.07, 6.45) is 9.26. The van der Waals surface area contributed by atoms with Gasteiger partial charge >= 0.3 is 0 Å². The van der Waals surface area contributed by atoms with Gasteiger partial charge < -0.3 is 24.8 Å². The molecule has 0 aromatic rings. The maximum atomic E-state index is 9.84. The molecule has 1 aliphatic rings. The third-order valence-electron chi connectivity index (χ3n) is 3.96. The van der Waals surface area contributed by atoms with E-state index in [1.54, 1.807) is 0 Å². The Balaban J connectivity index is 1.95. The molecule has 1 aliphatic heterocycles. The van der Waals surface area contributed by atoms with E-state index in [1.165, 1.54) is 38.5 Å². The van der Waals surface area contributed by atoms with Crippen LogP contribution < -0.4 is 0 Å². The molecule has 5 heteroatoms. The van der Waals surface area contributed by atoms with Crippen LogP contribution in [0.4, 0.5) is 0 Å². The summed E-state index contributed by atoms with van der Waals surface area (Å²) in [5.41, 5.74) is 0. The van der Waals surface area contributed by atoms with Crippen LogP contribution in [0.5, 0.6) is 0 Å². The third-order valence-corrected chi connectivity index (χ3v) is 3.96. The molecule has 1 saturated heterocycles. The largest absolute Gasteiger partial charge is 0.388 e. The number of aliphatic hydroxyl groups is 3. The van der Waals surface area contributed by atoms with Crippen molar-refractivity contribution >= 4 is 0 Å². The normalized spacial score (nSPS) is 26.8. The second kappa shape index (κ2) is 12.0. The standard InChI is InChI=1S/C17H32O5/c1-2-3-4-5-6-7-8-9-10-11-21-12-15(19)17-16(20)14(18)13-22-17/h9-10,14-20H,2-8,11-13H2,1H3/b10-9+/t14-,15+,16+,17+/m1/s1. The molecule has 22 heavy (non-hydrogen) atoms. The van der Waals surface area contributed by atoms with Gasteiger partial charge in [0, 0.05) is 0 Å². The van der Waals surface area contributed by atoms with Crippen molar-refractivity contribution in [2.24, 2.45) is 0 Å². The number of ether oxygens (including phenoxy) is 2. The molecule has 5 nitrogen and oxygen atoms in total. The quantitative estimate of drug-likeness (QED) is 0.378. The third kappa shape index (κ3) is 7.70. The number of hydrogen-bond acceptors (Lipinski definition) is 5. The van der Waals surface area contributed by atoms with Gasteiger partial charge in [0.1, 0.15) is 24.4 Å². The first-order valence-electron chi connectivity index (χ1n) is 8.55. The fourth-order valence-corrected chi connectivity index (χ4v) is 2.54. The van der Waals surface area contributed by atoms with Crippen LogP contribution >= 0.6 is 0 Å². The molecule has 3 N–H and O–H groups in total. The van der Waals surface area contributed by atoms with Gasteiger partial charge in [-0.25, -0.2) is 0 Å². The van der Waals surface area contributed by atoms with Gasteiger partial charge in [0.05, 0.1) is 19.8 Å². The molecule has 130 valence electrons. The van der Waals surface area contributed by atoms with E-state index in [0.29, 0.717) is 6.61 Å². The van der Waals surface area contributed by atoms with Crippen molar-refractivity contribution in [2.45, 2.75) is 76.3 Å². The minimum Gasteiger partial charge on any atom is -0.388 e.